The second-order valence-electron chi connectivity index (χ2n) is 5.00. The topological polar surface area (TPSA) is 29.3 Å². The zero-order valence-electron chi connectivity index (χ0n) is 10.7. The Bertz CT molecular complexity index is 442. The molecule has 0 aromatic heterocycles. The molecule has 1 aliphatic heterocycles. The zero-order valence-corrected chi connectivity index (χ0v) is 13.0. The van der Waals surface area contributed by atoms with Gasteiger partial charge in [-0.15, -0.1) is 12.4 Å². The summed E-state index contributed by atoms with van der Waals surface area (Å²) in [4.78, 5) is 2.28. The molecule has 19 heavy (non-hydrogen) atoms. The summed E-state index contributed by atoms with van der Waals surface area (Å²) in [5.74, 6) is -0.00658. The molecule has 108 valence electrons. The Morgan fingerprint density at radius 1 is 1.37 bits per heavy atom. The van der Waals surface area contributed by atoms with E-state index in [2.05, 4.69) is 11.8 Å². The van der Waals surface area contributed by atoms with Gasteiger partial charge in [-0.3, -0.25) is 4.90 Å². The van der Waals surface area contributed by atoms with E-state index in [1.807, 2.05) is 0 Å². The van der Waals surface area contributed by atoms with Crippen LogP contribution in [0.1, 0.15) is 18.9 Å². The Kier molecular flexibility index (Phi) is 6.34. The van der Waals surface area contributed by atoms with E-state index < -0.39 is 5.82 Å². The highest BCUT2D eigenvalue weighted by atomic mass is 35.5. The van der Waals surface area contributed by atoms with Crippen LogP contribution in [0.4, 0.5) is 4.39 Å². The van der Waals surface area contributed by atoms with E-state index in [-0.39, 0.29) is 23.5 Å². The summed E-state index contributed by atoms with van der Waals surface area (Å²) in [6, 6.07) is 3.33. The molecule has 0 spiro atoms. The predicted molar refractivity (Wildman–Crippen MR) is 80.7 cm³/mol. The van der Waals surface area contributed by atoms with E-state index in [9.17, 15) is 4.39 Å². The summed E-state index contributed by atoms with van der Waals surface area (Å²) in [6.07, 6.45) is 0.980. The summed E-state index contributed by atoms with van der Waals surface area (Å²) >= 11 is 11.9. The molecule has 2 atom stereocenters. The quantitative estimate of drug-likeness (QED) is 0.839. The molecule has 1 saturated heterocycles. The molecule has 1 aliphatic rings. The third kappa shape index (κ3) is 3.96. The molecule has 2 unspecified atom stereocenters. The smallest absolute Gasteiger partial charge is 0.143 e. The minimum absolute atomic E-state index is 0. The average molecular weight is 328 g/mol. The first kappa shape index (κ1) is 17.0. The van der Waals surface area contributed by atoms with Gasteiger partial charge in [0.2, 0.25) is 0 Å². The fourth-order valence-electron chi connectivity index (χ4n) is 2.32. The Hall–Kier alpha value is -0.0600. The number of rotatable bonds is 2. The minimum atomic E-state index is -0.473. The summed E-state index contributed by atoms with van der Waals surface area (Å²) in [7, 11) is 0. The molecule has 0 bridgehead atoms. The van der Waals surface area contributed by atoms with Crippen LogP contribution in [-0.4, -0.2) is 24.0 Å². The highest BCUT2D eigenvalue weighted by molar-refractivity contribution is 6.42. The Labute approximate surface area is 129 Å². The molecule has 1 aromatic carbocycles. The highest BCUT2D eigenvalue weighted by Gasteiger charge is 2.23. The fraction of sp³-hybridized carbons (Fsp3) is 0.538. The molecule has 2 nitrogen and oxygen atoms in total. The molecule has 1 fully saturated rings. The number of hydrogen-bond acceptors (Lipinski definition) is 2. The van der Waals surface area contributed by atoms with Crippen LogP contribution in [0.25, 0.3) is 0 Å². The molecule has 1 aromatic rings. The average Bonchev–Trinajstić information content (AvgIpc) is 2.34. The van der Waals surface area contributed by atoms with Gasteiger partial charge < -0.3 is 5.73 Å². The lowest BCUT2D eigenvalue weighted by Crippen LogP contribution is -2.45. The van der Waals surface area contributed by atoms with Crippen molar-refractivity contribution in [1.29, 1.82) is 0 Å². The van der Waals surface area contributed by atoms with Crippen molar-refractivity contribution in [2.45, 2.75) is 25.9 Å². The maximum Gasteiger partial charge on any atom is 0.143 e. The third-order valence-corrected chi connectivity index (χ3v) is 4.46. The van der Waals surface area contributed by atoms with E-state index in [0.717, 1.165) is 25.1 Å². The van der Waals surface area contributed by atoms with Crippen LogP contribution < -0.4 is 5.73 Å². The van der Waals surface area contributed by atoms with Gasteiger partial charge in [-0.1, -0.05) is 36.2 Å². The highest BCUT2D eigenvalue weighted by Crippen LogP contribution is 2.30. The Morgan fingerprint density at radius 3 is 2.68 bits per heavy atom. The van der Waals surface area contributed by atoms with Crippen molar-refractivity contribution in [3.05, 3.63) is 33.6 Å². The van der Waals surface area contributed by atoms with Crippen LogP contribution in [0.15, 0.2) is 12.1 Å². The summed E-state index contributed by atoms with van der Waals surface area (Å²) in [5, 5.41) is 0.329. The van der Waals surface area contributed by atoms with Gasteiger partial charge in [-0.25, -0.2) is 4.39 Å². The molecule has 2 rings (SSSR count). The predicted octanol–water partition coefficient (Wildman–Crippen LogP) is 3.72. The standard InChI is InChI=1S/C13H17Cl2FN2.ClH/c1-8-6-18(5-4-11(8)17)7-9-2-3-10(16)13(15)12(9)14;/h2-3,8,11H,4-7,17H2,1H3;1H. The molecular weight excluding hydrogens is 310 g/mol. The SMILES string of the molecule is CC1CN(Cc2ccc(F)c(Cl)c2Cl)CCC1N.Cl. The van der Waals surface area contributed by atoms with Gasteiger partial charge in [0.1, 0.15) is 5.82 Å². The maximum absolute atomic E-state index is 13.2. The number of likely N-dealkylation sites (tertiary alicyclic amines) is 1. The van der Waals surface area contributed by atoms with Crippen LogP contribution in [0.5, 0.6) is 0 Å². The molecule has 0 radical (unpaired) electrons. The van der Waals surface area contributed by atoms with E-state index >= 15 is 0 Å². The first-order chi connectivity index (χ1) is 8.49. The van der Waals surface area contributed by atoms with Gasteiger partial charge in [0.05, 0.1) is 10.0 Å². The van der Waals surface area contributed by atoms with Crippen molar-refractivity contribution in [3.8, 4) is 0 Å². The summed E-state index contributed by atoms with van der Waals surface area (Å²) in [5.41, 5.74) is 6.85. The van der Waals surface area contributed by atoms with E-state index in [1.165, 1.54) is 6.07 Å². The normalized spacial score (nSPS) is 24.1. The number of piperidine rings is 1. The molecule has 1 heterocycles. The fourth-order valence-corrected chi connectivity index (χ4v) is 2.72. The van der Waals surface area contributed by atoms with Crippen molar-refractivity contribution in [1.82, 2.24) is 4.90 Å². The molecule has 0 aliphatic carbocycles. The van der Waals surface area contributed by atoms with E-state index in [4.69, 9.17) is 28.9 Å². The van der Waals surface area contributed by atoms with Crippen LogP contribution in [0.2, 0.25) is 10.0 Å². The number of hydrogen-bond donors (Lipinski definition) is 1. The lowest BCUT2D eigenvalue weighted by Gasteiger charge is -2.35. The van der Waals surface area contributed by atoms with Crippen molar-refractivity contribution in [3.63, 3.8) is 0 Å². The molecule has 0 saturated carbocycles. The van der Waals surface area contributed by atoms with Crippen molar-refractivity contribution in [2.24, 2.45) is 11.7 Å². The van der Waals surface area contributed by atoms with E-state index in [0.29, 0.717) is 17.5 Å². The van der Waals surface area contributed by atoms with Crippen LogP contribution in [0, 0.1) is 11.7 Å². The molecule has 0 amide bonds. The van der Waals surface area contributed by atoms with Crippen LogP contribution in [0.3, 0.4) is 0 Å². The second-order valence-corrected chi connectivity index (χ2v) is 5.76. The van der Waals surface area contributed by atoms with Crippen LogP contribution >= 0.6 is 35.6 Å². The Morgan fingerprint density at radius 2 is 2.05 bits per heavy atom. The lowest BCUT2D eigenvalue weighted by molar-refractivity contribution is 0.158. The number of benzene rings is 1. The van der Waals surface area contributed by atoms with Gasteiger partial charge in [0, 0.05) is 19.1 Å². The zero-order chi connectivity index (χ0) is 13.3. The molecule has 6 heteroatoms. The summed E-state index contributed by atoms with van der Waals surface area (Å²) in [6.45, 7) is 4.72. The number of halogens is 4. The first-order valence-electron chi connectivity index (χ1n) is 6.09. The number of nitrogens with two attached hydrogens (primary N) is 1. The van der Waals surface area contributed by atoms with Gasteiger partial charge in [0.25, 0.3) is 0 Å². The molecular formula is C13H18Cl3FN2. The largest absolute Gasteiger partial charge is 0.327 e. The van der Waals surface area contributed by atoms with Gasteiger partial charge in [-0.2, -0.15) is 0 Å². The van der Waals surface area contributed by atoms with Crippen LogP contribution in [-0.2, 0) is 6.54 Å². The van der Waals surface area contributed by atoms with Gasteiger partial charge >= 0.3 is 0 Å². The third-order valence-electron chi connectivity index (χ3n) is 3.56. The van der Waals surface area contributed by atoms with E-state index in [1.54, 1.807) is 6.07 Å². The van der Waals surface area contributed by atoms with Gasteiger partial charge in [0.15, 0.2) is 0 Å². The maximum atomic E-state index is 13.2. The Balaban J connectivity index is 0.00000180. The van der Waals surface area contributed by atoms with Crippen molar-refractivity contribution in [2.75, 3.05) is 13.1 Å². The van der Waals surface area contributed by atoms with Gasteiger partial charge in [-0.05, 0) is 30.5 Å². The summed E-state index contributed by atoms with van der Waals surface area (Å²) < 4.78 is 13.2. The molecule has 2 N–H and O–H groups in total. The second kappa shape index (κ2) is 7.09. The minimum Gasteiger partial charge on any atom is -0.327 e. The van der Waals surface area contributed by atoms with Crippen molar-refractivity contribution >= 4 is 35.6 Å². The lowest BCUT2D eigenvalue weighted by atomic mass is 9.94. The monoisotopic (exact) mass is 326 g/mol. The number of nitrogens with zero attached hydrogens (tertiary/aromatic N) is 1. The van der Waals surface area contributed by atoms with Crippen molar-refractivity contribution < 1.29 is 4.39 Å². The first-order valence-corrected chi connectivity index (χ1v) is 6.85.